The van der Waals surface area contributed by atoms with Crippen LogP contribution in [0.4, 0.5) is 0 Å². The van der Waals surface area contributed by atoms with E-state index in [1.807, 2.05) is 26.0 Å². The third-order valence-electron chi connectivity index (χ3n) is 3.37. The summed E-state index contributed by atoms with van der Waals surface area (Å²) in [4.78, 5) is 13.3. The highest BCUT2D eigenvalue weighted by Gasteiger charge is 2.18. The maximum Gasteiger partial charge on any atom is 0.241 e. The van der Waals surface area contributed by atoms with Crippen molar-refractivity contribution < 1.29 is 14.6 Å². The van der Waals surface area contributed by atoms with Crippen LogP contribution in [-0.2, 0) is 11.3 Å². The number of hydrogen-bond acceptors (Lipinski definition) is 4. The third kappa shape index (κ3) is 3.45. The molecule has 1 aromatic carbocycles. The number of hydrogen-bond donors (Lipinski definition) is 2. The molecule has 0 saturated heterocycles. The predicted octanol–water partition coefficient (Wildman–Crippen LogP) is 0.590. The topological polar surface area (TPSA) is 75.8 Å². The first-order valence-electron chi connectivity index (χ1n) is 6.16. The highest BCUT2D eigenvalue weighted by Crippen LogP contribution is 2.24. The number of benzene rings is 1. The molecule has 3 N–H and O–H groups in total. The van der Waals surface area contributed by atoms with Gasteiger partial charge in [0.2, 0.25) is 5.91 Å². The van der Waals surface area contributed by atoms with E-state index >= 15 is 0 Å². The van der Waals surface area contributed by atoms with E-state index in [1.165, 1.54) is 4.90 Å². The fraction of sp³-hybridized carbons (Fsp3) is 0.500. The van der Waals surface area contributed by atoms with Gasteiger partial charge in [-0.2, -0.15) is 0 Å². The molecule has 0 aromatic heterocycles. The maximum atomic E-state index is 11.8. The van der Waals surface area contributed by atoms with Crippen molar-refractivity contribution in [1.82, 2.24) is 4.90 Å². The first kappa shape index (κ1) is 15.5. The predicted molar refractivity (Wildman–Crippen MR) is 74.0 cm³/mol. The molecule has 0 fully saturated rings. The van der Waals surface area contributed by atoms with Crippen LogP contribution in [0.3, 0.4) is 0 Å². The van der Waals surface area contributed by atoms with E-state index in [0.717, 1.165) is 22.4 Å². The summed E-state index contributed by atoms with van der Waals surface area (Å²) >= 11 is 0. The van der Waals surface area contributed by atoms with Gasteiger partial charge in [0.15, 0.2) is 0 Å². The zero-order chi connectivity index (χ0) is 14.6. The molecule has 1 aromatic rings. The summed E-state index contributed by atoms with van der Waals surface area (Å²) in [5.41, 5.74) is 8.72. The number of aliphatic hydroxyl groups excluding tert-OH is 1. The van der Waals surface area contributed by atoms with Crippen molar-refractivity contribution in [2.45, 2.75) is 26.4 Å². The highest BCUT2D eigenvalue weighted by atomic mass is 16.5. The summed E-state index contributed by atoms with van der Waals surface area (Å²) in [5, 5.41) is 8.90. The molecule has 0 aliphatic carbocycles. The lowest BCUT2D eigenvalue weighted by molar-refractivity contribution is -0.132. The van der Waals surface area contributed by atoms with Gasteiger partial charge in [-0.05, 0) is 36.6 Å². The average molecular weight is 266 g/mol. The molecule has 1 atom stereocenters. The lowest BCUT2D eigenvalue weighted by Gasteiger charge is -2.22. The first-order valence-corrected chi connectivity index (χ1v) is 6.16. The van der Waals surface area contributed by atoms with E-state index in [4.69, 9.17) is 15.6 Å². The third-order valence-corrected chi connectivity index (χ3v) is 3.37. The summed E-state index contributed by atoms with van der Waals surface area (Å²) in [6, 6.07) is 2.97. The minimum Gasteiger partial charge on any atom is -0.496 e. The van der Waals surface area contributed by atoms with E-state index in [9.17, 15) is 4.79 Å². The van der Waals surface area contributed by atoms with E-state index < -0.39 is 6.04 Å². The molecule has 0 saturated carbocycles. The number of aliphatic hydroxyl groups is 1. The maximum absolute atomic E-state index is 11.8. The first-order chi connectivity index (χ1) is 8.92. The number of rotatable bonds is 5. The number of ether oxygens (including phenoxy) is 1. The summed E-state index contributed by atoms with van der Waals surface area (Å²) in [6.45, 7) is 4.10. The standard InChI is InChI=1S/C14H22N2O3/c1-9-10(2)13(19-4)6-5-11(9)7-16(3)14(18)12(15)8-17/h5-6,12,17H,7-8,15H2,1-4H3. The van der Waals surface area contributed by atoms with Crippen LogP contribution in [0.2, 0.25) is 0 Å². The Kier molecular flexibility index (Phi) is 5.32. The van der Waals surface area contributed by atoms with Crippen LogP contribution in [-0.4, -0.2) is 42.7 Å². The number of carbonyl (C=O) groups excluding carboxylic acids is 1. The van der Waals surface area contributed by atoms with Gasteiger partial charge < -0.3 is 20.5 Å². The molecule has 5 nitrogen and oxygen atoms in total. The molecule has 5 heteroatoms. The fourth-order valence-electron chi connectivity index (χ4n) is 1.94. The molecule has 0 aliphatic heterocycles. The molecule has 19 heavy (non-hydrogen) atoms. The quantitative estimate of drug-likeness (QED) is 0.818. The number of carbonyl (C=O) groups is 1. The van der Waals surface area contributed by atoms with E-state index in [-0.39, 0.29) is 12.5 Å². The summed E-state index contributed by atoms with van der Waals surface area (Å²) in [7, 11) is 3.31. The van der Waals surface area contributed by atoms with Gasteiger partial charge >= 0.3 is 0 Å². The van der Waals surface area contributed by atoms with Crippen molar-refractivity contribution >= 4 is 5.91 Å². The largest absolute Gasteiger partial charge is 0.496 e. The van der Waals surface area contributed by atoms with Gasteiger partial charge in [0, 0.05) is 13.6 Å². The van der Waals surface area contributed by atoms with Gasteiger partial charge in [-0.3, -0.25) is 4.79 Å². The minimum absolute atomic E-state index is 0.268. The number of nitrogens with zero attached hydrogens (tertiary/aromatic N) is 1. The Balaban J connectivity index is 2.89. The fourth-order valence-corrected chi connectivity index (χ4v) is 1.94. The Morgan fingerprint density at radius 1 is 1.42 bits per heavy atom. The Hall–Kier alpha value is -1.59. The molecule has 0 heterocycles. The minimum atomic E-state index is -0.857. The Bertz CT molecular complexity index is 460. The van der Waals surface area contributed by atoms with Gasteiger partial charge in [0.25, 0.3) is 0 Å². The Morgan fingerprint density at radius 3 is 2.58 bits per heavy atom. The van der Waals surface area contributed by atoms with E-state index in [0.29, 0.717) is 6.54 Å². The highest BCUT2D eigenvalue weighted by molar-refractivity contribution is 5.81. The number of methoxy groups -OCH3 is 1. The molecular weight excluding hydrogens is 244 g/mol. The van der Waals surface area contributed by atoms with Crippen molar-refractivity contribution in [2.75, 3.05) is 20.8 Å². The normalized spacial score (nSPS) is 12.1. The van der Waals surface area contributed by atoms with Gasteiger partial charge in [0.1, 0.15) is 11.8 Å². The molecule has 1 amide bonds. The van der Waals surface area contributed by atoms with Gasteiger partial charge in [-0.25, -0.2) is 0 Å². The average Bonchev–Trinajstić information content (AvgIpc) is 2.42. The van der Waals surface area contributed by atoms with Crippen molar-refractivity contribution in [1.29, 1.82) is 0 Å². The molecule has 1 unspecified atom stereocenters. The molecule has 0 bridgehead atoms. The van der Waals surface area contributed by atoms with Crippen molar-refractivity contribution in [2.24, 2.45) is 5.73 Å². The van der Waals surface area contributed by atoms with E-state index in [1.54, 1.807) is 14.2 Å². The van der Waals surface area contributed by atoms with Crippen molar-refractivity contribution in [3.05, 3.63) is 28.8 Å². The van der Waals surface area contributed by atoms with Crippen LogP contribution < -0.4 is 10.5 Å². The second kappa shape index (κ2) is 6.54. The number of nitrogens with two attached hydrogens (primary N) is 1. The lowest BCUT2D eigenvalue weighted by Crippen LogP contribution is -2.43. The molecule has 0 aliphatic rings. The summed E-state index contributed by atoms with van der Waals surface area (Å²) in [6.07, 6.45) is 0. The van der Waals surface area contributed by atoms with Gasteiger partial charge in [-0.15, -0.1) is 0 Å². The SMILES string of the molecule is COc1ccc(CN(C)C(=O)C(N)CO)c(C)c1C. The molecule has 106 valence electrons. The molecule has 1 rings (SSSR count). The smallest absolute Gasteiger partial charge is 0.241 e. The van der Waals surface area contributed by atoms with Crippen LogP contribution in [0.25, 0.3) is 0 Å². The van der Waals surface area contributed by atoms with Crippen molar-refractivity contribution in [3.63, 3.8) is 0 Å². The second-order valence-corrected chi connectivity index (χ2v) is 4.66. The monoisotopic (exact) mass is 266 g/mol. The van der Waals surface area contributed by atoms with Crippen LogP contribution in [0.1, 0.15) is 16.7 Å². The second-order valence-electron chi connectivity index (χ2n) is 4.66. The van der Waals surface area contributed by atoms with E-state index in [2.05, 4.69) is 0 Å². The Morgan fingerprint density at radius 2 is 2.05 bits per heavy atom. The van der Waals surface area contributed by atoms with Gasteiger partial charge in [0.05, 0.1) is 13.7 Å². The zero-order valence-electron chi connectivity index (χ0n) is 11.9. The van der Waals surface area contributed by atoms with Crippen LogP contribution in [0.15, 0.2) is 12.1 Å². The van der Waals surface area contributed by atoms with Crippen LogP contribution in [0, 0.1) is 13.8 Å². The van der Waals surface area contributed by atoms with Crippen LogP contribution >= 0.6 is 0 Å². The lowest BCUT2D eigenvalue weighted by atomic mass is 10.0. The van der Waals surface area contributed by atoms with Crippen LogP contribution in [0.5, 0.6) is 5.75 Å². The number of likely N-dealkylation sites (N-methyl/N-ethyl adjacent to an activating group) is 1. The number of amides is 1. The molecule has 0 spiro atoms. The summed E-state index contributed by atoms with van der Waals surface area (Å²) in [5.74, 6) is 0.567. The summed E-state index contributed by atoms with van der Waals surface area (Å²) < 4.78 is 5.26. The van der Waals surface area contributed by atoms with Gasteiger partial charge in [-0.1, -0.05) is 6.07 Å². The zero-order valence-corrected chi connectivity index (χ0v) is 11.9. The molecular formula is C14H22N2O3. The van der Waals surface area contributed by atoms with Crippen molar-refractivity contribution in [3.8, 4) is 5.75 Å². The Labute approximate surface area is 114 Å². The molecule has 0 radical (unpaired) electrons.